The Labute approximate surface area is 883 Å². The molecule has 6 aromatic heterocycles. The van der Waals surface area contributed by atoms with E-state index < -0.39 is 52.4 Å². The van der Waals surface area contributed by atoms with E-state index in [4.69, 9.17) is 26.0 Å². The molecule has 0 saturated heterocycles. The van der Waals surface area contributed by atoms with Gasteiger partial charge in [0.05, 0.1) is 59.0 Å². The molecule has 12 aromatic carbocycles. The van der Waals surface area contributed by atoms with Gasteiger partial charge in [0, 0.05) is 76.1 Å². The molecule has 726 valence electrons. The van der Waals surface area contributed by atoms with E-state index in [-0.39, 0.29) is 39.3 Å². The molecule has 21 rings (SSSR count). The van der Waals surface area contributed by atoms with Crippen molar-refractivity contribution in [3.05, 3.63) is 432 Å². The van der Waals surface area contributed by atoms with Crippen molar-refractivity contribution < 1.29 is 53.4 Å². The lowest BCUT2D eigenvalue weighted by Gasteiger charge is -2.23. The lowest BCUT2D eigenvalue weighted by molar-refractivity contribution is -0.664. The molecule has 12 nitrogen and oxygen atoms in total. The van der Waals surface area contributed by atoms with Crippen molar-refractivity contribution in [2.75, 3.05) is 0 Å². The Bertz CT molecular complexity index is 8270. The average molecular weight is 1920 g/mol. The first-order valence-electron chi connectivity index (χ1n) is 59.6. The highest BCUT2D eigenvalue weighted by molar-refractivity contribution is 5.88. The van der Waals surface area contributed by atoms with E-state index in [0.717, 1.165) is 194 Å². The number of hydrogen-bond acceptors (Lipinski definition) is 6. The Morgan fingerprint density at radius 1 is 0.243 bits per heavy atom. The van der Waals surface area contributed by atoms with Gasteiger partial charge in [0.1, 0.15) is 52.8 Å². The number of rotatable bonds is 16. The average Bonchev–Trinajstić information content (AvgIpc) is 0.873. The molecular formula is C132H144N12+6. The zero-order valence-electron chi connectivity index (χ0n) is 104. The summed E-state index contributed by atoms with van der Waals surface area (Å²) in [4.78, 5) is 25.9. The van der Waals surface area contributed by atoms with Crippen LogP contribution in [0.4, 0.5) is 0 Å². The van der Waals surface area contributed by atoms with Crippen molar-refractivity contribution in [1.82, 2.24) is 29.9 Å². The molecule has 3 saturated carbocycles. The van der Waals surface area contributed by atoms with E-state index in [2.05, 4.69) is 140 Å². The van der Waals surface area contributed by atoms with Gasteiger partial charge in [0.2, 0.25) is 0 Å². The maximum atomic E-state index is 8.97. The van der Waals surface area contributed by atoms with Crippen LogP contribution in [0.25, 0.3) is 134 Å². The lowest BCUT2D eigenvalue weighted by Crippen LogP contribution is -2.33. The summed E-state index contributed by atoms with van der Waals surface area (Å²) in [7, 11) is 11.6. The molecule has 0 aliphatic heterocycles. The summed E-state index contributed by atoms with van der Waals surface area (Å²) >= 11 is 0. The van der Waals surface area contributed by atoms with Gasteiger partial charge >= 0.3 is 0 Å². The van der Waals surface area contributed by atoms with E-state index in [1.54, 1.807) is 89.6 Å². The van der Waals surface area contributed by atoms with E-state index in [0.29, 0.717) is 44.8 Å². The molecule has 3 aliphatic rings. The van der Waals surface area contributed by atoms with Gasteiger partial charge in [-0.05, 0) is 244 Å². The van der Waals surface area contributed by atoms with Gasteiger partial charge in [-0.15, -0.1) is 0 Å². The third kappa shape index (κ3) is 24.2. The summed E-state index contributed by atoms with van der Waals surface area (Å²) < 4.78 is 172. The number of aromatic nitrogens is 12. The molecule has 3 fully saturated rings. The third-order valence-corrected chi connectivity index (χ3v) is 27.8. The molecule has 12 heteroatoms. The summed E-state index contributed by atoms with van der Waals surface area (Å²) in [5, 5.41) is 0. The predicted molar refractivity (Wildman–Crippen MR) is 592 cm³/mol. The standard InChI is InChI=1S/C27H27N2.C26H25N2.C25H23N2.C19H25N2.C18H23N2.C17H21N2/c1-18-10-12-22(13-11-18)23-14-20(3)26(21(4)15-23)25-16-28-17-29(5)27(25)24-9-7-6-8-19(24)2;1-18-10-8-9-13-23(18)26-24(16-27-17-28(26)4)25-19(2)14-22(15-20(25)3)21-11-6-5-7-12-21;1-18-9-7-8-12-23(18)25-24(16-26-17-27(25)3)22-14-13-21(15-19(22)2)20-10-5-4-6-11-20;1-15-8-6-7-11-18(15)19-17(13-20-14-21(19)2)12-16-9-4-3-5-10-16;1-14-8-6-7-11-16(14)18-17(12-19-13-20(18)2)15-9-4-3-5-10-15;1-13-7-3-6-10-15(13)17-16(11-18-12-19(17)2)14-8-4-5-9-14/h6-17H,1-5H3;5-17H,1-4H3;4-17H,1-3H3;6-8,11,13-14,16H,3-5,9-10,12H2,1-2H3;6-8,11-13,15H,3-5,9-10H2,1-2H3;3,6-7,10-12,14H,4-5,8-9H2,1-2H3/q6*+1/i3D3,4D3;2D3,3D3;2D3;12D2;15D;14D. The van der Waals surface area contributed by atoms with Crippen LogP contribution in [-0.2, 0) is 48.7 Å². The van der Waals surface area contributed by atoms with Gasteiger partial charge in [-0.3, -0.25) is 0 Å². The van der Waals surface area contributed by atoms with Crippen molar-refractivity contribution >= 4 is 0 Å². The maximum absolute atomic E-state index is 8.97. The third-order valence-electron chi connectivity index (χ3n) is 27.8. The van der Waals surface area contributed by atoms with Crippen LogP contribution in [0.2, 0.25) is 0 Å². The van der Waals surface area contributed by atoms with Crippen LogP contribution in [-0.4, -0.2) is 29.9 Å². The molecule has 0 unspecified atom stereocenters. The molecule has 144 heavy (non-hydrogen) atoms. The first-order chi connectivity index (χ1) is 77.5. The first kappa shape index (κ1) is 79.7. The minimum atomic E-state index is -2.55. The van der Waals surface area contributed by atoms with Gasteiger partial charge in [-0.2, -0.15) is 0 Å². The van der Waals surface area contributed by atoms with Crippen molar-refractivity contribution in [2.45, 2.75) is 191 Å². The van der Waals surface area contributed by atoms with Gasteiger partial charge in [0.15, 0.2) is 18.6 Å². The van der Waals surface area contributed by atoms with Gasteiger partial charge in [0.25, 0.3) is 38.0 Å². The van der Waals surface area contributed by atoms with Crippen LogP contribution in [0.5, 0.6) is 0 Å². The Kier molecular flexibility index (Phi) is 26.7. The van der Waals surface area contributed by atoms with E-state index in [9.17, 15) is 0 Å². The smallest absolute Gasteiger partial charge is 0.232 e. The Balaban J connectivity index is 0.000000139. The summed E-state index contributed by atoms with van der Waals surface area (Å²) in [5.41, 5.74) is 30.2. The summed E-state index contributed by atoms with van der Waals surface area (Å²) in [6, 6.07) is 87.3. The van der Waals surface area contributed by atoms with Crippen molar-refractivity contribution in [2.24, 2.45) is 48.2 Å². The number of benzene rings is 12. The predicted octanol–water partition coefficient (Wildman–Crippen LogP) is 29.0. The number of nitrogens with zero attached hydrogens (tertiary/aromatic N) is 12. The highest BCUT2D eigenvalue weighted by atomic mass is 15.0. The second kappa shape index (κ2) is 48.3. The van der Waals surface area contributed by atoms with Crippen LogP contribution < -0.4 is 27.4 Å². The molecule has 0 spiro atoms. The van der Waals surface area contributed by atoms with Crippen LogP contribution in [0, 0.1) is 88.6 Å². The Hall–Kier alpha value is -14.9. The van der Waals surface area contributed by atoms with Crippen molar-refractivity contribution in [1.29, 1.82) is 0 Å². The fourth-order valence-electron chi connectivity index (χ4n) is 20.3. The molecule has 3 aliphatic carbocycles. The molecular weight excluding hydrogens is 1750 g/mol. The van der Waals surface area contributed by atoms with Gasteiger partial charge in [-0.1, -0.05) is 373 Å². The van der Waals surface area contributed by atoms with Crippen LogP contribution in [0.15, 0.2) is 348 Å². The van der Waals surface area contributed by atoms with Crippen LogP contribution in [0.1, 0.15) is 211 Å². The van der Waals surface area contributed by atoms with Crippen molar-refractivity contribution in [3.8, 4) is 134 Å². The second-order valence-electron chi connectivity index (χ2n) is 38.2. The van der Waals surface area contributed by atoms with Gasteiger partial charge in [-0.25, -0.2) is 27.4 Å². The zero-order valence-corrected chi connectivity index (χ0v) is 85.3. The number of hydrogen-bond donors (Lipinski definition) is 0. The SMILES string of the molecule is [2H]C([2H])([2H])c1cc(-c2ccc(C)cc2)cc(C([2H])([2H])[2H])c1-c1cnc[n+](C)c1-c1ccccc1C.[2H]C([2H])([2H])c1cc(-c2ccccc2)cc(C([2H])([2H])[2H])c1-c1cnc[n+](C)c1-c1ccccc1C.[2H]C([2H])([2H])c1cc(-c2ccccc2)ccc1-c1cnc[n+](C)c1-c1ccccc1C.[2H]C([2H])(c1cnc[n+](C)c1-c1ccccc1C)C1CCCCC1.[2H]C1(c2cnc[n+](C)c2-c2ccccc2C)CCCC1.[2H]C1(c2cnc[n+](C)c2-c2ccccc2C)CCCCC1. The molecule has 0 atom stereocenters. The maximum Gasteiger partial charge on any atom is 0.286 e. The van der Waals surface area contributed by atoms with Crippen LogP contribution in [0.3, 0.4) is 0 Å². The number of aryl methyl sites for hydroxylation is 18. The van der Waals surface area contributed by atoms with Crippen molar-refractivity contribution in [3.63, 3.8) is 0 Å². The fraction of sp³-hybridized carbons (Fsp3) is 0.273. The van der Waals surface area contributed by atoms with Crippen LogP contribution >= 0.6 is 0 Å². The largest absolute Gasteiger partial charge is 0.286 e. The van der Waals surface area contributed by atoms with E-state index in [1.165, 1.54) is 35.1 Å². The van der Waals surface area contributed by atoms with E-state index >= 15 is 0 Å². The molecule has 0 N–H and O–H groups in total. The molecule has 0 radical (unpaired) electrons. The summed E-state index contributed by atoms with van der Waals surface area (Å²) in [6.07, 6.45) is 34.6. The Morgan fingerprint density at radius 2 is 0.521 bits per heavy atom. The minimum absolute atomic E-state index is 0.00969. The highest BCUT2D eigenvalue weighted by Crippen LogP contribution is 2.44. The fourth-order valence-corrected chi connectivity index (χ4v) is 20.3. The topological polar surface area (TPSA) is 101 Å². The first-order valence-corrected chi connectivity index (χ1v) is 50.1. The zero-order chi connectivity index (χ0) is 117. The molecule has 0 amide bonds. The van der Waals surface area contributed by atoms with E-state index in [1.807, 2.05) is 267 Å². The normalized spacial score (nSPS) is 16.0. The molecule has 6 heterocycles. The summed E-state index contributed by atoms with van der Waals surface area (Å²) in [5.74, 6) is -0.867. The Morgan fingerprint density at radius 3 is 0.896 bits per heavy atom. The summed E-state index contributed by atoms with van der Waals surface area (Å²) in [6.45, 7) is 1.86. The lowest BCUT2D eigenvalue weighted by atomic mass is 9.82. The monoisotopic (exact) mass is 1920 g/mol. The highest BCUT2D eigenvalue weighted by Gasteiger charge is 2.31. The molecule has 18 aromatic rings. The molecule has 0 bridgehead atoms. The second-order valence-corrected chi connectivity index (χ2v) is 38.2. The van der Waals surface area contributed by atoms with Gasteiger partial charge < -0.3 is 0 Å². The minimum Gasteiger partial charge on any atom is -0.232 e. The quantitative estimate of drug-likeness (QED) is 0.0894.